The SMILES string of the molecule is CC(C)NC1CC(C)(C)C1. The first kappa shape index (κ1) is 8.06. The predicted octanol–water partition coefficient (Wildman–Crippen LogP) is 2.17. The molecule has 0 aromatic rings. The van der Waals surface area contributed by atoms with Gasteiger partial charge < -0.3 is 5.32 Å². The van der Waals surface area contributed by atoms with E-state index in [0.29, 0.717) is 11.5 Å². The average molecular weight is 141 g/mol. The average Bonchev–Trinajstić information content (AvgIpc) is 1.57. The number of rotatable bonds is 2. The van der Waals surface area contributed by atoms with Gasteiger partial charge in [0.1, 0.15) is 0 Å². The molecular formula is C9H19N. The summed E-state index contributed by atoms with van der Waals surface area (Å²) >= 11 is 0. The molecule has 0 aromatic heterocycles. The summed E-state index contributed by atoms with van der Waals surface area (Å²) in [6.07, 6.45) is 2.70. The molecule has 1 heteroatoms. The monoisotopic (exact) mass is 141 g/mol. The largest absolute Gasteiger partial charge is 0.312 e. The van der Waals surface area contributed by atoms with Crippen molar-refractivity contribution in [1.29, 1.82) is 0 Å². The Morgan fingerprint density at radius 2 is 1.80 bits per heavy atom. The molecule has 0 radical (unpaired) electrons. The molecule has 1 rings (SSSR count). The highest BCUT2D eigenvalue weighted by atomic mass is 15.0. The maximum atomic E-state index is 3.53. The molecule has 0 saturated heterocycles. The molecule has 0 heterocycles. The molecule has 1 saturated carbocycles. The summed E-state index contributed by atoms with van der Waals surface area (Å²) in [5, 5.41) is 3.53. The number of hydrogen-bond donors (Lipinski definition) is 1. The minimum atomic E-state index is 0.618. The van der Waals surface area contributed by atoms with Gasteiger partial charge in [0.05, 0.1) is 0 Å². The first-order chi connectivity index (χ1) is 4.49. The predicted molar refractivity (Wildman–Crippen MR) is 45.1 cm³/mol. The van der Waals surface area contributed by atoms with Crippen molar-refractivity contribution < 1.29 is 0 Å². The van der Waals surface area contributed by atoms with Crippen LogP contribution in [0.25, 0.3) is 0 Å². The van der Waals surface area contributed by atoms with Crippen molar-refractivity contribution >= 4 is 0 Å². The van der Waals surface area contributed by atoms with E-state index in [2.05, 4.69) is 33.0 Å². The van der Waals surface area contributed by atoms with Crippen LogP contribution in [-0.4, -0.2) is 12.1 Å². The lowest BCUT2D eigenvalue weighted by Gasteiger charge is -2.44. The Morgan fingerprint density at radius 1 is 1.30 bits per heavy atom. The van der Waals surface area contributed by atoms with Crippen molar-refractivity contribution in [2.45, 2.75) is 52.6 Å². The third-order valence-corrected chi connectivity index (χ3v) is 2.17. The van der Waals surface area contributed by atoms with E-state index in [1.165, 1.54) is 12.8 Å². The topological polar surface area (TPSA) is 12.0 Å². The van der Waals surface area contributed by atoms with Crippen molar-refractivity contribution in [3.8, 4) is 0 Å². The van der Waals surface area contributed by atoms with Crippen molar-refractivity contribution in [2.24, 2.45) is 5.41 Å². The van der Waals surface area contributed by atoms with Crippen LogP contribution in [0.15, 0.2) is 0 Å². The highest BCUT2D eigenvalue weighted by Crippen LogP contribution is 2.39. The Hall–Kier alpha value is -0.0400. The molecule has 0 spiro atoms. The highest BCUT2D eigenvalue weighted by molar-refractivity contribution is 4.91. The smallest absolute Gasteiger partial charge is 0.00796 e. The van der Waals surface area contributed by atoms with Crippen LogP contribution in [-0.2, 0) is 0 Å². The van der Waals surface area contributed by atoms with Crippen molar-refractivity contribution in [2.75, 3.05) is 0 Å². The van der Waals surface area contributed by atoms with Crippen LogP contribution in [0.1, 0.15) is 40.5 Å². The minimum absolute atomic E-state index is 0.618. The Balaban J connectivity index is 2.15. The first-order valence-corrected chi connectivity index (χ1v) is 4.26. The first-order valence-electron chi connectivity index (χ1n) is 4.26. The van der Waals surface area contributed by atoms with Gasteiger partial charge in [-0.25, -0.2) is 0 Å². The molecule has 0 amide bonds. The second kappa shape index (κ2) is 2.54. The van der Waals surface area contributed by atoms with E-state index in [-0.39, 0.29) is 0 Å². The third-order valence-electron chi connectivity index (χ3n) is 2.17. The van der Waals surface area contributed by atoms with Crippen LogP contribution < -0.4 is 5.32 Å². The van der Waals surface area contributed by atoms with Crippen LogP contribution in [0.2, 0.25) is 0 Å². The normalized spacial score (nSPS) is 24.9. The zero-order valence-electron chi connectivity index (χ0n) is 7.57. The summed E-state index contributed by atoms with van der Waals surface area (Å²) < 4.78 is 0. The van der Waals surface area contributed by atoms with Crippen molar-refractivity contribution in [3.63, 3.8) is 0 Å². The quantitative estimate of drug-likeness (QED) is 0.621. The molecule has 0 aromatic carbocycles. The molecule has 1 aliphatic carbocycles. The van der Waals surface area contributed by atoms with Crippen LogP contribution in [0.4, 0.5) is 0 Å². The van der Waals surface area contributed by atoms with Gasteiger partial charge in [-0.2, -0.15) is 0 Å². The van der Waals surface area contributed by atoms with Gasteiger partial charge in [0.15, 0.2) is 0 Å². The van der Waals surface area contributed by atoms with Gasteiger partial charge in [-0.1, -0.05) is 27.7 Å². The molecule has 0 unspecified atom stereocenters. The van der Waals surface area contributed by atoms with E-state index < -0.39 is 0 Å². The lowest BCUT2D eigenvalue weighted by molar-refractivity contribution is 0.120. The van der Waals surface area contributed by atoms with Gasteiger partial charge in [0.25, 0.3) is 0 Å². The summed E-state index contributed by atoms with van der Waals surface area (Å²) in [4.78, 5) is 0. The maximum absolute atomic E-state index is 3.53. The second-order valence-corrected chi connectivity index (χ2v) is 4.59. The van der Waals surface area contributed by atoms with Crippen molar-refractivity contribution in [3.05, 3.63) is 0 Å². The summed E-state index contributed by atoms with van der Waals surface area (Å²) in [7, 11) is 0. The summed E-state index contributed by atoms with van der Waals surface area (Å²) in [5.41, 5.74) is 0.618. The van der Waals surface area contributed by atoms with Gasteiger partial charge >= 0.3 is 0 Å². The summed E-state index contributed by atoms with van der Waals surface area (Å²) in [6, 6.07) is 1.45. The van der Waals surface area contributed by atoms with Gasteiger partial charge in [0, 0.05) is 12.1 Å². The maximum Gasteiger partial charge on any atom is 0.00796 e. The molecule has 10 heavy (non-hydrogen) atoms. The molecule has 1 aliphatic rings. The van der Waals surface area contributed by atoms with Gasteiger partial charge in [0.2, 0.25) is 0 Å². The lowest BCUT2D eigenvalue weighted by Crippen LogP contribution is -2.48. The number of nitrogens with one attached hydrogen (secondary N) is 1. The Bertz CT molecular complexity index is 105. The fourth-order valence-corrected chi connectivity index (χ4v) is 1.86. The Morgan fingerprint density at radius 3 is 2.10 bits per heavy atom. The summed E-state index contributed by atoms with van der Waals surface area (Å²) in [5.74, 6) is 0. The molecule has 1 fully saturated rings. The second-order valence-electron chi connectivity index (χ2n) is 4.59. The van der Waals surface area contributed by atoms with E-state index in [4.69, 9.17) is 0 Å². The van der Waals surface area contributed by atoms with E-state index in [0.717, 1.165) is 6.04 Å². The Kier molecular flexibility index (Phi) is 2.04. The molecule has 0 bridgehead atoms. The van der Waals surface area contributed by atoms with Gasteiger partial charge in [-0.05, 0) is 18.3 Å². The van der Waals surface area contributed by atoms with E-state index >= 15 is 0 Å². The summed E-state index contributed by atoms with van der Waals surface area (Å²) in [6.45, 7) is 9.10. The standard InChI is InChI=1S/C9H19N/c1-7(2)10-8-5-9(3,4)6-8/h7-8,10H,5-6H2,1-4H3. The minimum Gasteiger partial charge on any atom is -0.312 e. The van der Waals surface area contributed by atoms with E-state index in [9.17, 15) is 0 Å². The zero-order valence-corrected chi connectivity index (χ0v) is 7.57. The molecule has 1 N–H and O–H groups in total. The zero-order chi connectivity index (χ0) is 7.78. The molecule has 0 aliphatic heterocycles. The molecule has 0 atom stereocenters. The van der Waals surface area contributed by atoms with Crippen LogP contribution in [0, 0.1) is 5.41 Å². The lowest BCUT2D eigenvalue weighted by atomic mass is 9.68. The number of hydrogen-bond acceptors (Lipinski definition) is 1. The van der Waals surface area contributed by atoms with E-state index in [1.54, 1.807) is 0 Å². The third kappa shape index (κ3) is 1.98. The molecule has 60 valence electrons. The van der Waals surface area contributed by atoms with Crippen molar-refractivity contribution in [1.82, 2.24) is 5.32 Å². The highest BCUT2D eigenvalue weighted by Gasteiger charge is 2.35. The molecular weight excluding hydrogens is 122 g/mol. The molecule has 1 nitrogen and oxygen atoms in total. The Labute approximate surface area is 64.2 Å². The fourth-order valence-electron chi connectivity index (χ4n) is 1.86. The van der Waals surface area contributed by atoms with Gasteiger partial charge in [-0.3, -0.25) is 0 Å². The van der Waals surface area contributed by atoms with Crippen LogP contribution >= 0.6 is 0 Å². The van der Waals surface area contributed by atoms with E-state index in [1.807, 2.05) is 0 Å². The fraction of sp³-hybridized carbons (Fsp3) is 1.00. The van der Waals surface area contributed by atoms with Crippen LogP contribution in [0.5, 0.6) is 0 Å². The van der Waals surface area contributed by atoms with Crippen LogP contribution in [0.3, 0.4) is 0 Å². The van der Waals surface area contributed by atoms with Gasteiger partial charge in [-0.15, -0.1) is 0 Å².